The Morgan fingerprint density at radius 1 is 1.60 bits per heavy atom. The van der Waals surface area contributed by atoms with Crippen molar-refractivity contribution in [1.29, 1.82) is 0 Å². The molecule has 7 heteroatoms. The maximum atomic E-state index is 9.78. The van der Waals surface area contributed by atoms with Crippen LogP contribution in [-0.4, -0.2) is 52.2 Å². The van der Waals surface area contributed by atoms with Crippen LogP contribution < -0.4 is 15.4 Å². The molecule has 20 heavy (non-hydrogen) atoms. The smallest absolute Gasteiger partial charge is 0.293 e. The van der Waals surface area contributed by atoms with E-state index in [1.165, 1.54) is 12.8 Å². The monoisotopic (exact) mass is 301 g/mol. The summed E-state index contributed by atoms with van der Waals surface area (Å²) in [6.07, 6.45) is 3.53. The van der Waals surface area contributed by atoms with Crippen molar-refractivity contribution in [2.75, 3.05) is 26.2 Å². The molecular weight excluding hydrogens is 276 g/mol. The summed E-state index contributed by atoms with van der Waals surface area (Å²) in [5.41, 5.74) is 0. The Balaban J connectivity index is 1.74. The molecule has 1 aromatic heterocycles. The van der Waals surface area contributed by atoms with E-state index in [4.69, 9.17) is 4.74 Å². The van der Waals surface area contributed by atoms with Crippen LogP contribution in [0.15, 0.2) is 6.20 Å². The topological polar surface area (TPSA) is 79.3 Å². The molecule has 1 saturated heterocycles. The summed E-state index contributed by atoms with van der Waals surface area (Å²) in [6.45, 7) is 6.96. The fraction of sp³-hybridized carbons (Fsp3) is 0.846. The van der Waals surface area contributed by atoms with Crippen molar-refractivity contribution in [3.8, 4) is 5.88 Å². The van der Waals surface area contributed by atoms with Gasteiger partial charge in [-0.2, -0.15) is 0 Å². The van der Waals surface area contributed by atoms with Gasteiger partial charge in [-0.05, 0) is 17.3 Å². The third-order valence-electron chi connectivity index (χ3n) is 3.19. The number of nitrogens with zero attached hydrogens (tertiary/aromatic N) is 2. The summed E-state index contributed by atoms with van der Waals surface area (Å²) in [7, 11) is -0.297. The average molecular weight is 301 g/mol. The molecule has 3 atom stereocenters. The molecule has 0 spiro atoms. The molecule has 114 valence electrons. The number of aliphatic hydroxyl groups is 1. The van der Waals surface area contributed by atoms with E-state index in [0.717, 1.165) is 13.1 Å². The fourth-order valence-corrected chi connectivity index (χ4v) is 3.57. The number of hydrogen-bond donors (Lipinski definition) is 3. The van der Waals surface area contributed by atoms with Gasteiger partial charge in [0.05, 0.1) is 6.54 Å². The predicted molar refractivity (Wildman–Crippen MR) is 80.3 cm³/mol. The zero-order chi connectivity index (χ0) is 14.4. The van der Waals surface area contributed by atoms with Crippen LogP contribution in [0.5, 0.6) is 5.88 Å². The fourth-order valence-electron chi connectivity index (χ4n) is 2.07. The van der Waals surface area contributed by atoms with E-state index in [1.807, 2.05) is 13.8 Å². The summed E-state index contributed by atoms with van der Waals surface area (Å²) in [5.74, 6) is 0.558. The lowest BCUT2D eigenvalue weighted by molar-refractivity contribution is 0.102. The van der Waals surface area contributed by atoms with Gasteiger partial charge in [-0.1, -0.05) is 13.8 Å². The molecule has 6 nitrogen and oxygen atoms in total. The van der Waals surface area contributed by atoms with Gasteiger partial charge in [-0.15, -0.1) is 0 Å². The molecule has 1 aliphatic rings. The van der Waals surface area contributed by atoms with Crippen LogP contribution in [0.2, 0.25) is 0 Å². The van der Waals surface area contributed by atoms with Crippen LogP contribution in [0, 0.1) is 0 Å². The number of nitrogens with one attached hydrogen (secondary N) is 2. The Morgan fingerprint density at radius 3 is 3.15 bits per heavy atom. The highest BCUT2D eigenvalue weighted by atomic mass is 32.2. The van der Waals surface area contributed by atoms with Gasteiger partial charge in [0.15, 0.2) is 11.4 Å². The van der Waals surface area contributed by atoms with Crippen molar-refractivity contribution in [1.82, 2.24) is 19.4 Å². The number of piperidine rings is 1. The first-order valence-electron chi connectivity index (χ1n) is 7.26. The van der Waals surface area contributed by atoms with Gasteiger partial charge in [0.2, 0.25) is 10.9 Å². The first-order valence-corrected chi connectivity index (χ1v) is 8.46. The highest BCUT2D eigenvalue weighted by Crippen LogP contribution is 2.32. The summed E-state index contributed by atoms with van der Waals surface area (Å²) in [4.78, 5) is 0. The van der Waals surface area contributed by atoms with Crippen molar-refractivity contribution in [3.63, 3.8) is 0 Å². The molecule has 0 amide bonds. The van der Waals surface area contributed by atoms with E-state index in [0.29, 0.717) is 23.7 Å². The zero-order valence-electron chi connectivity index (χ0n) is 12.2. The van der Waals surface area contributed by atoms with Crippen molar-refractivity contribution >= 4 is 10.9 Å². The highest BCUT2D eigenvalue weighted by Gasteiger charge is 2.28. The molecular formula is C13H25N4O2S+. The van der Waals surface area contributed by atoms with Crippen LogP contribution >= 0.6 is 10.9 Å². The molecule has 0 aliphatic carbocycles. The Bertz CT molecular complexity index is 393. The average Bonchev–Trinajstić information content (AvgIpc) is 2.93. The summed E-state index contributed by atoms with van der Waals surface area (Å²) in [5, 5.41) is 16.8. The maximum absolute atomic E-state index is 9.78. The van der Waals surface area contributed by atoms with Gasteiger partial charge in [-0.25, -0.2) is 0 Å². The van der Waals surface area contributed by atoms with E-state index in [9.17, 15) is 5.11 Å². The molecule has 1 fully saturated rings. The molecule has 2 heterocycles. The number of ether oxygens (including phenoxy) is 1. The predicted octanol–water partition coefficient (Wildman–Crippen LogP) is 0.888. The molecule has 0 aromatic carbocycles. The van der Waals surface area contributed by atoms with Gasteiger partial charge in [-0.3, -0.25) is 0 Å². The van der Waals surface area contributed by atoms with E-state index in [2.05, 4.69) is 19.4 Å². The van der Waals surface area contributed by atoms with Gasteiger partial charge in [0.25, 0.3) is 5.88 Å². The Kier molecular flexibility index (Phi) is 6.15. The standard InChI is InChI=1S/C13H25N4O2S/c1-10(2)15-6-11(18)9-19-13-8-16-20(17-13)12-4-3-5-14-7-12/h8,10-12,14-15,18H,3-7,9H2,1-2H3/q+1. The number of rotatable bonds is 7. The van der Waals surface area contributed by atoms with Crippen LogP contribution in [0.3, 0.4) is 0 Å². The number of aliphatic hydroxyl groups excluding tert-OH is 1. The second-order valence-corrected chi connectivity index (χ2v) is 7.10. The van der Waals surface area contributed by atoms with Crippen LogP contribution in [0.1, 0.15) is 31.9 Å². The lowest BCUT2D eigenvalue weighted by atomic mass is 10.2. The highest BCUT2D eigenvalue weighted by molar-refractivity contribution is 7.21. The van der Waals surface area contributed by atoms with E-state index >= 15 is 0 Å². The largest absolute Gasteiger partial charge is 0.470 e. The molecule has 0 radical (unpaired) electrons. The molecule has 2 rings (SSSR count). The summed E-state index contributed by atoms with van der Waals surface area (Å²) in [6, 6.07) is 0.361. The number of aromatic nitrogens is 2. The Morgan fingerprint density at radius 2 is 2.45 bits per heavy atom. The molecule has 1 aromatic rings. The Labute approximate surface area is 123 Å². The van der Waals surface area contributed by atoms with Gasteiger partial charge in [0, 0.05) is 23.4 Å². The maximum Gasteiger partial charge on any atom is 0.293 e. The minimum Gasteiger partial charge on any atom is -0.470 e. The van der Waals surface area contributed by atoms with E-state index in [-0.39, 0.29) is 17.5 Å². The third kappa shape index (κ3) is 4.97. The van der Waals surface area contributed by atoms with Gasteiger partial charge < -0.3 is 20.5 Å². The summed E-state index contributed by atoms with van der Waals surface area (Å²) >= 11 is 0. The van der Waals surface area contributed by atoms with E-state index < -0.39 is 6.10 Å². The summed E-state index contributed by atoms with van der Waals surface area (Å²) < 4.78 is 14.5. The lowest BCUT2D eigenvalue weighted by Gasteiger charge is -2.14. The molecule has 1 aliphatic heterocycles. The first kappa shape index (κ1) is 15.6. The molecule has 3 unspecified atom stereocenters. The SMILES string of the molecule is CC(C)NCC(O)COc1cn[s+](C2CCCNC2)n1. The van der Waals surface area contributed by atoms with Crippen molar-refractivity contribution < 1.29 is 9.84 Å². The van der Waals surface area contributed by atoms with E-state index in [1.54, 1.807) is 6.20 Å². The zero-order valence-corrected chi connectivity index (χ0v) is 13.0. The van der Waals surface area contributed by atoms with Crippen molar-refractivity contribution in [3.05, 3.63) is 6.20 Å². The molecule has 0 saturated carbocycles. The van der Waals surface area contributed by atoms with Crippen LogP contribution in [0.4, 0.5) is 0 Å². The minimum atomic E-state index is -0.521. The van der Waals surface area contributed by atoms with Crippen LogP contribution in [-0.2, 0) is 0 Å². The van der Waals surface area contributed by atoms with Crippen LogP contribution in [0.25, 0.3) is 0 Å². The van der Waals surface area contributed by atoms with Gasteiger partial charge in [0.1, 0.15) is 12.7 Å². The van der Waals surface area contributed by atoms with Crippen molar-refractivity contribution in [2.45, 2.75) is 44.1 Å². The minimum absolute atomic E-state index is 0.255. The second kappa shape index (κ2) is 7.87. The molecule has 3 N–H and O–H groups in total. The van der Waals surface area contributed by atoms with Gasteiger partial charge >= 0.3 is 0 Å². The second-order valence-electron chi connectivity index (χ2n) is 5.45. The molecule has 0 bridgehead atoms. The lowest BCUT2D eigenvalue weighted by Crippen LogP contribution is -2.35. The normalized spacial score (nSPS) is 22.0. The number of hydrogen-bond acceptors (Lipinski definition) is 6. The van der Waals surface area contributed by atoms with Crippen molar-refractivity contribution in [2.24, 2.45) is 0 Å². The Hall–Kier alpha value is -0.760. The third-order valence-corrected chi connectivity index (χ3v) is 4.88. The quantitative estimate of drug-likeness (QED) is 0.649. The first-order chi connectivity index (χ1) is 9.65.